The van der Waals surface area contributed by atoms with Crippen LogP contribution in [0.5, 0.6) is 5.75 Å². The van der Waals surface area contributed by atoms with Crippen molar-refractivity contribution in [3.63, 3.8) is 0 Å². The summed E-state index contributed by atoms with van der Waals surface area (Å²) in [5.74, 6) is -5.70. The number of hydrogen-bond acceptors (Lipinski definition) is 7. The van der Waals surface area contributed by atoms with Gasteiger partial charge in [0.2, 0.25) is 0 Å². The lowest BCUT2D eigenvalue weighted by Gasteiger charge is -2.56. The van der Waals surface area contributed by atoms with E-state index in [1.165, 1.54) is 20.3 Å². The maximum atomic E-state index is 13.3. The average molecular weight is 450 g/mol. The Morgan fingerprint density at radius 3 is 2.19 bits per heavy atom. The monoisotopic (exact) mass is 450 g/mol. The zero-order valence-electron chi connectivity index (χ0n) is 19.0. The molecule has 0 saturated heterocycles. The third kappa shape index (κ3) is 3.48. The molecular weight excluding hydrogens is 420 g/mol. The minimum absolute atomic E-state index is 0.0630. The standard InChI is InChI=1S/C23H30O9/c1-10-17(24)16-13(20(27)28)7-12(19(25)26)8-15(16)32-18(10)14-9-23(30-5,31-6)21(29)22(3,4)11(14)2/h7-8,10-11,14,18,21,29H,9H2,1-6H3,(H,25,26)(H,27,28). The number of aromatic carboxylic acids is 2. The minimum Gasteiger partial charge on any atom is -0.489 e. The van der Waals surface area contributed by atoms with E-state index >= 15 is 0 Å². The van der Waals surface area contributed by atoms with Gasteiger partial charge >= 0.3 is 11.9 Å². The van der Waals surface area contributed by atoms with Gasteiger partial charge in [0.15, 0.2) is 11.6 Å². The van der Waals surface area contributed by atoms with E-state index in [-0.39, 0.29) is 35.1 Å². The van der Waals surface area contributed by atoms with E-state index < -0.39 is 52.6 Å². The fourth-order valence-corrected chi connectivity index (χ4v) is 5.20. The number of fused-ring (bicyclic) bond motifs is 1. The number of methoxy groups -OCH3 is 2. The van der Waals surface area contributed by atoms with E-state index in [1.54, 1.807) is 6.92 Å². The highest BCUT2D eigenvalue weighted by Crippen LogP contribution is 2.53. The van der Waals surface area contributed by atoms with Crippen molar-refractivity contribution in [2.24, 2.45) is 23.2 Å². The van der Waals surface area contributed by atoms with Crippen molar-refractivity contribution < 1.29 is 43.9 Å². The average Bonchev–Trinajstić information content (AvgIpc) is 2.75. The summed E-state index contributed by atoms with van der Waals surface area (Å²) in [6.07, 6.45) is -1.42. The Kier molecular flexibility index (Phi) is 6.14. The molecule has 1 aliphatic carbocycles. The topological polar surface area (TPSA) is 140 Å². The first-order valence-corrected chi connectivity index (χ1v) is 10.5. The van der Waals surface area contributed by atoms with Gasteiger partial charge in [-0.05, 0) is 23.5 Å². The van der Waals surface area contributed by atoms with Crippen LogP contribution in [-0.2, 0) is 9.47 Å². The Morgan fingerprint density at radius 2 is 1.69 bits per heavy atom. The molecule has 5 unspecified atom stereocenters. The van der Waals surface area contributed by atoms with E-state index in [2.05, 4.69) is 0 Å². The van der Waals surface area contributed by atoms with Gasteiger partial charge in [0.1, 0.15) is 18.0 Å². The zero-order valence-corrected chi connectivity index (χ0v) is 19.0. The van der Waals surface area contributed by atoms with E-state index in [9.17, 15) is 29.7 Å². The van der Waals surface area contributed by atoms with Crippen LogP contribution in [0, 0.1) is 23.2 Å². The molecule has 1 fully saturated rings. The summed E-state index contributed by atoms with van der Waals surface area (Å²) in [5, 5.41) is 30.0. The van der Waals surface area contributed by atoms with Gasteiger partial charge in [-0.1, -0.05) is 27.7 Å². The molecule has 0 amide bonds. The second-order valence-electron chi connectivity index (χ2n) is 9.34. The molecule has 2 aliphatic rings. The van der Waals surface area contributed by atoms with Crippen LogP contribution in [-0.4, -0.2) is 65.3 Å². The van der Waals surface area contributed by atoms with E-state index in [0.29, 0.717) is 0 Å². The van der Waals surface area contributed by atoms with Crippen LogP contribution in [0.25, 0.3) is 0 Å². The predicted octanol–water partition coefficient (Wildman–Crippen LogP) is 2.70. The van der Waals surface area contributed by atoms with E-state index in [0.717, 1.165) is 6.07 Å². The lowest BCUT2D eigenvalue weighted by Crippen LogP contribution is -2.64. The summed E-state index contributed by atoms with van der Waals surface area (Å²) in [6, 6.07) is 2.16. The number of ether oxygens (including phenoxy) is 3. The Balaban J connectivity index is 2.12. The van der Waals surface area contributed by atoms with Crippen LogP contribution in [0.3, 0.4) is 0 Å². The van der Waals surface area contributed by atoms with Crippen molar-refractivity contribution in [1.82, 2.24) is 0 Å². The summed E-state index contributed by atoms with van der Waals surface area (Å²) in [5.41, 5.74) is -1.47. The van der Waals surface area contributed by atoms with Gasteiger partial charge in [0.25, 0.3) is 0 Å². The highest BCUT2D eigenvalue weighted by Gasteiger charge is 2.60. The van der Waals surface area contributed by atoms with Crippen molar-refractivity contribution in [3.8, 4) is 5.75 Å². The van der Waals surface area contributed by atoms with Crippen LogP contribution in [0.15, 0.2) is 12.1 Å². The molecule has 0 radical (unpaired) electrons. The largest absolute Gasteiger partial charge is 0.489 e. The van der Waals surface area contributed by atoms with Gasteiger partial charge in [0.05, 0.1) is 22.6 Å². The van der Waals surface area contributed by atoms with Crippen molar-refractivity contribution in [1.29, 1.82) is 0 Å². The molecule has 3 rings (SSSR count). The number of benzene rings is 1. The van der Waals surface area contributed by atoms with Gasteiger partial charge in [-0.2, -0.15) is 0 Å². The van der Waals surface area contributed by atoms with Crippen molar-refractivity contribution >= 4 is 17.7 Å². The molecule has 1 saturated carbocycles. The van der Waals surface area contributed by atoms with Crippen molar-refractivity contribution in [2.75, 3.05) is 14.2 Å². The Bertz CT molecular complexity index is 947. The Labute approximate surface area is 186 Å². The normalized spacial score (nSPS) is 30.8. The molecule has 32 heavy (non-hydrogen) atoms. The number of ketones is 1. The summed E-state index contributed by atoms with van der Waals surface area (Å²) < 4.78 is 17.4. The molecule has 5 atom stereocenters. The van der Waals surface area contributed by atoms with Crippen LogP contribution >= 0.6 is 0 Å². The number of carboxylic acids is 2. The van der Waals surface area contributed by atoms with Crippen molar-refractivity contribution in [2.45, 2.75) is 52.1 Å². The number of hydrogen-bond donors (Lipinski definition) is 3. The SMILES string of the molecule is COC1(OC)CC(C2Oc3cc(C(=O)O)cc(C(=O)O)c3C(=O)C2C)C(C)C(C)(C)C1O. The molecule has 9 nitrogen and oxygen atoms in total. The van der Waals surface area contributed by atoms with Crippen LogP contribution in [0.4, 0.5) is 0 Å². The van der Waals surface area contributed by atoms with Gasteiger partial charge in [-0.25, -0.2) is 9.59 Å². The zero-order chi connectivity index (χ0) is 24.2. The quantitative estimate of drug-likeness (QED) is 0.578. The smallest absolute Gasteiger partial charge is 0.336 e. The molecular formula is C23H30O9. The van der Waals surface area contributed by atoms with Gasteiger partial charge in [0, 0.05) is 26.6 Å². The molecule has 176 valence electrons. The molecule has 0 bridgehead atoms. The third-order valence-corrected chi connectivity index (χ3v) is 7.57. The number of aliphatic hydroxyl groups is 1. The number of rotatable bonds is 5. The summed E-state index contributed by atoms with van der Waals surface area (Å²) in [6.45, 7) is 7.39. The number of carbonyl (C=O) groups excluding carboxylic acids is 1. The van der Waals surface area contributed by atoms with Gasteiger partial charge < -0.3 is 29.5 Å². The second-order valence-corrected chi connectivity index (χ2v) is 9.34. The summed E-state index contributed by atoms with van der Waals surface area (Å²) in [4.78, 5) is 36.6. The van der Waals surface area contributed by atoms with Crippen LogP contribution < -0.4 is 4.74 Å². The number of carbonyl (C=O) groups is 3. The number of carboxylic acid groups (broad SMARTS) is 2. The van der Waals surface area contributed by atoms with Crippen LogP contribution in [0.1, 0.15) is 65.2 Å². The first-order valence-electron chi connectivity index (χ1n) is 10.5. The summed E-state index contributed by atoms with van der Waals surface area (Å²) in [7, 11) is 2.89. The van der Waals surface area contributed by atoms with Gasteiger partial charge in [-0.15, -0.1) is 0 Å². The fraction of sp³-hybridized carbons (Fsp3) is 0.609. The molecule has 3 N–H and O–H groups in total. The lowest BCUT2D eigenvalue weighted by molar-refractivity contribution is -0.320. The lowest BCUT2D eigenvalue weighted by atomic mass is 9.57. The molecule has 1 aromatic carbocycles. The highest BCUT2D eigenvalue weighted by atomic mass is 16.7. The number of Topliss-reactive ketones (excluding diaryl/α,β-unsaturated/α-hetero) is 1. The molecule has 1 aliphatic heterocycles. The predicted molar refractivity (Wildman–Crippen MR) is 112 cm³/mol. The first kappa shape index (κ1) is 24.2. The third-order valence-electron chi connectivity index (χ3n) is 7.57. The fourth-order valence-electron chi connectivity index (χ4n) is 5.20. The molecule has 0 spiro atoms. The molecule has 1 aromatic rings. The molecule has 9 heteroatoms. The molecule has 0 aromatic heterocycles. The van der Waals surface area contributed by atoms with Crippen molar-refractivity contribution in [3.05, 3.63) is 28.8 Å². The molecule has 1 heterocycles. The highest BCUT2D eigenvalue weighted by molar-refractivity contribution is 6.11. The first-order chi connectivity index (χ1) is 14.8. The maximum absolute atomic E-state index is 13.3. The second kappa shape index (κ2) is 8.13. The van der Waals surface area contributed by atoms with Gasteiger partial charge in [-0.3, -0.25) is 4.79 Å². The van der Waals surface area contributed by atoms with E-state index in [4.69, 9.17) is 14.2 Å². The number of aliphatic hydroxyl groups excluding tert-OH is 1. The Hall–Kier alpha value is -2.49. The Morgan fingerprint density at radius 1 is 1.09 bits per heavy atom. The summed E-state index contributed by atoms with van der Waals surface area (Å²) >= 11 is 0. The van der Waals surface area contributed by atoms with Crippen LogP contribution in [0.2, 0.25) is 0 Å². The van der Waals surface area contributed by atoms with E-state index in [1.807, 2.05) is 20.8 Å². The minimum atomic E-state index is -1.40. The maximum Gasteiger partial charge on any atom is 0.336 e.